The van der Waals surface area contributed by atoms with Crippen LogP contribution in [0, 0.1) is 12.3 Å². The van der Waals surface area contributed by atoms with Crippen LogP contribution in [0.2, 0.25) is 0 Å². The topological polar surface area (TPSA) is 116 Å². The molecule has 0 bridgehead atoms. The lowest BCUT2D eigenvalue weighted by molar-refractivity contribution is 0.0920. The Morgan fingerprint density at radius 1 is 1.32 bits per heavy atom. The molecule has 2 saturated heterocycles. The first-order valence-corrected chi connectivity index (χ1v) is 12.5. The van der Waals surface area contributed by atoms with Crippen LogP contribution < -0.4 is 26.4 Å². The number of nitrogens with zero attached hydrogens (tertiary/aromatic N) is 2. The van der Waals surface area contributed by atoms with Gasteiger partial charge in [0, 0.05) is 54.0 Å². The van der Waals surface area contributed by atoms with Crippen molar-refractivity contribution in [2.24, 2.45) is 11.1 Å². The van der Waals surface area contributed by atoms with Gasteiger partial charge in [-0.2, -0.15) is 0 Å². The van der Waals surface area contributed by atoms with E-state index in [4.69, 9.17) is 20.9 Å². The van der Waals surface area contributed by atoms with Crippen LogP contribution in [0.4, 0.5) is 11.4 Å². The van der Waals surface area contributed by atoms with E-state index in [9.17, 15) is 4.79 Å². The van der Waals surface area contributed by atoms with Crippen molar-refractivity contribution in [3.63, 3.8) is 0 Å². The molecule has 1 aromatic carbocycles. The number of amides is 1. The summed E-state index contributed by atoms with van der Waals surface area (Å²) in [5, 5.41) is 3.92. The van der Waals surface area contributed by atoms with Gasteiger partial charge in [0.1, 0.15) is 22.1 Å². The van der Waals surface area contributed by atoms with Crippen LogP contribution in [-0.2, 0) is 11.2 Å². The summed E-state index contributed by atoms with van der Waals surface area (Å²) < 4.78 is 11.7. The summed E-state index contributed by atoms with van der Waals surface area (Å²) in [5.41, 5.74) is 16.4. The standard InChI is InChI=1S/C25H29N5O3S/c1-14-2-5-18-21(27)22(34-24(18)28-14)23(31)29-16-8-15-3-4-17(9-19(15)33-11-16)30-10-20(26)25(12-30)6-7-32-13-25/h2-5,9,16,20H,6-8,10-13,26-27H2,1H3,(H,29,31)/t16-,20-,25+/m1/s1. The highest BCUT2D eigenvalue weighted by Gasteiger charge is 2.47. The number of fused-ring (bicyclic) bond motifs is 2. The molecule has 3 aliphatic heterocycles. The fraction of sp³-hybridized carbons (Fsp3) is 0.440. The molecule has 3 atom stereocenters. The Balaban J connectivity index is 1.15. The number of thiophene rings is 1. The predicted octanol–water partition coefficient (Wildman–Crippen LogP) is 2.47. The van der Waals surface area contributed by atoms with Crippen molar-refractivity contribution in [1.29, 1.82) is 0 Å². The van der Waals surface area contributed by atoms with E-state index in [0.717, 1.165) is 65.6 Å². The van der Waals surface area contributed by atoms with Gasteiger partial charge in [-0.1, -0.05) is 6.07 Å². The third-order valence-electron chi connectivity index (χ3n) is 7.44. The quantitative estimate of drug-likeness (QED) is 0.529. The van der Waals surface area contributed by atoms with Crippen molar-refractivity contribution in [3.8, 4) is 5.75 Å². The first-order valence-electron chi connectivity index (χ1n) is 11.7. The molecule has 2 fully saturated rings. The van der Waals surface area contributed by atoms with E-state index in [1.54, 1.807) is 0 Å². The third kappa shape index (κ3) is 3.59. The van der Waals surface area contributed by atoms with Gasteiger partial charge in [-0.25, -0.2) is 4.98 Å². The monoisotopic (exact) mass is 479 g/mol. The van der Waals surface area contributed by atoms with Crippen LogP contribution in [0.5, 0.6) is 5.75 Å². The fourth-order valence-corrected chi connectivity index (χ4v) is 6.43. The van der Waals surface area contributed by atoms with Crippen LogP contribution >= 0.6 is 11.3 Å². The van der Waals surface area contributed by atoms with Crippen molar-refractivity contribution in [2.45, 2.75) is 31.8 Å². The molecule has 1 amide bonds. The number of carbonyl (C=O) groups excluding carboxylic acids is 1. The van der Waals surface area contributed by atoms with E-state index in [1.165, 1.54) is 11.3 Å². The minimum atomic E-state index is -0.179. The Labute approximate surface area is 202 Å². The zero-order chi connectivity index (χ0) is 23.4. The molecule has 0 aliphatic carbocycles. The number of aromatic nitrogens is 1. The molecule has 34 heavy (non-hydrogen) atoms. The predicted molar refractivity (Wildman–Crippen MR) is 134 cm³/mol. The Morgan fingerprint density at radius 2 is 2.21 bits per heavy atom. The number of anilines is 2. The summed E-state index contributed by atoms with van der Waals surface area (Å²) >= 11 is 1.33. The molecule has 3 aliphatic rings. The minimum Gasteiger partial charge on any atom is -0.491 e. The van der Waals surface area contributed by atoms with Gasteiger partial charge < -0.3 is 31.2 Å². The number of rotatable bonds is 3. The Bertz CT molecular complexity index is 1270. The first-order chi connectivity index (χ1) is 16.4. The maximum atomic E-state index is 13.0. The number of hydrogen-bond donors (Lipinski definition) is 3. The lowest BCUT2D eigenvalue weighted by Crippen LogP contribution is -2.42. The summed E-state index contributed by atoms with van der Waals surface area (Å²) in [4.78, 5) is 21.1. The van der Waals surface area contributed by atoms with E-state index < -0.39 is 0 Å². The molecule has 0 unspecified atom stereocenters. The van der Waals surface area contributed by atoms with Crippen LogP contribution in [0.3, 0.4) is 0 Å². The Morgan fingerprint density at radius 3 is 3.03 bits per heavy atom. The van der Waals surface area contributed by atoms with Gasteiger partial charge >= 0.3 is 0 Å². The van der Waals surface area contributed by atoms with E-state index in [-0.39, 0.29) is 23.4 Å². The third-order valence-corrected chi connectivity index (χ3v) is 8.55. The maximum absolute atomic E-state index is 13.0. The lowest BCUT2D eigenvalue weighted by atomic mass is 9.83. The summed E-state index contributed by atoms with van der Waals surface area (Å²) in [6, 6.07) is 10.2. The number of benzene rings is 1. The number of hydrogen-bond acceptors (Lipinski definition) is 8. The highest BCUT2D eigenvalue weighted by molar-refractivity contribution is 7.21. The minimum absolute atomic E-state index is 0.0643. The lowest BCUT2D eigenvalue weighted by Gasteiger charge is -2.28. The van der Waals surface area contributed by atoms with Crippen LogP contribution in [0.25, 0.3) is 10.2 Å². The van der Waals surface area contributed by atoms with Gasteiger partial charge in [-0.15, -0.1) is 11.3 Å². The smallest absolute Gasteiger partial charge is 0.263 e. The van der Waals surface area contributed by atoms with Crippen molar-refractivity contribution in [1.82, 2.24) is 10.3 Å². The van der Waals surface area contributed by atoms with Gasteiger partial charge in [0.05, 0.1) is 18.3 Å². The van der Waals surface area contributed by atoms with Crippen molar-refractivity contribution in [3.05, 3.63) is 46.5 Å². The molecule has 178 valence electrons. The number of nitrogens with two attached hydrogens (primary N) is 2. The van der Waals surface area contributed by atoms with Crippen LogP contribution in [0.15, 0.2) is 30.3 Å². The van der Waals surface area contributed by atoms with Crippen LogP contribution in [0.1, 0.15) is 27.3 Å². The molecule has 5 heterocycles. The van der Waals surface area contributed by atoms with Crippen LogP contribution in [-0.4, -0.2) is 55.9 Å². The molecule has 0 saturated carbocycles. The molecule has 6 rings (SSSR count). The van der Waals surface area contributed by atoms with E-state index in [0.29, 0.717) is 23.6 Å². The summed E-state index contributed by atoms with van der Waals surface area (Å²) in [5.74, 6) is 0.697. The normalized spacial score (nSPS) is 26.1. The highest BCUT2D eigenvalue weighted by Crippen LogP contribution is 2.41. The zero-order valence-electron chi connectivity index (χ0n) is 19.2. The average molecular weight is 480 g/mol. The first kappa shape index (κ1) is 21.6. The average Bonchev–Trinajstić information content (AvgIpc) is 3.52. The SMILES string of the molecule is Cc1ccc2c(N)c(C(=O)N[C@H]3COc4cc(N5C[C@@H](N)[C@@]6(CCOC6)C5)ccc4C3)sc2n1. The number of carbonyl (C=O) groups is 1. The number of pyridine rings is 1. The molecule has 3 aromatic rings. The largest absolute Gasteiger partial charge is 0.491 e. The van der Waals surface area contributed by atoms with Crippen molar-refractivity contribution >= 4 is 38.8 Å². The molecular formula is C25H29N5O3S. The maximum Gasteiger partial charge on any atom is 0.263 e. The summed E-state index contributed by atoms with van der Waals surface area (Å²) in [6.07, 6.45) is 1.73. The van der Waals surface area contributed by atoms with E-state index in [1.807, 2.05) is 19.1 Å². The highest BCUT2D eigenvalue weighted by atomic mass is 32.1. The molecule has 0 radical (unpaired) electrons. The molecule has 5 N–H and O–H groups in total. The fourth-order valence-electron chi connectivity index (χ4n) is 5.39. The summed E-state index contributed by atoms with van der Waals surface area (Å²) in [6.45, 7) is 5.62. The van der Waals surface area contributed by atoms with Crippen molar-refractivity contribution in [2.75, 3.05) is 43.5 Å². The van der Waals surface area contributed by atoms with Gasteiger partial charge in [-0.05, 0) is 43.5 Å². The summed E-state index contributed by atoms with van der Waals surface area (Å²) in [7, 11) is 0. The van der Waals surface area contributed by atoms with Gasteiger partial charge in [0.15, 0.2) is 0 Å². The van der Waals surface area contributed by atoms with Gasteiger partial charge in [0.2, 0.25) is 0 Å². The number of ether oxygens (including phenoxy) is 2. The van der Waals surface area contributed by atoms with Gasteiger partial charge in [-0.3, -0.25) is 4.79 Å². The Kier molecular flexibility index (Phi) is 5.16. The number of nitrogens with one attached hydrogen (secondary N) is 1. The molecule has 8 nitrogen and oxygen atoms in total. The second kappa shape index (κ2) is 8.11. The number of aryl methyl sites for hydroxylation is 1. The molecule has 1 spiro atoms. The van der Waals surface area contributed by atoms with Crippen molar-refractivity contribution < 1.29 is 14.3 Å². The van der Waals surface area contributed by atoms with E-state index >= 15 is 0 Å². The second-order valence-corrected chi connectivity index (χ2v) is 10.8. The van der Waals surface area contributed by atoms with E-state index in [2.05, 4.69) is 33.4 Å². The second-order valence-electron chi connectivity index (χ2n) is 9.78. The Hall–Kier alpha value is -2.88. The molecule has 9 heteroatoms. The molecule has 2 aromatic heterocycles. The molecular weight excluding hydrogens is 450 g/mol. The zero-order valence-corrected chi connectivity index (χ0v) is 20.0. The van der Waals surface area contributed by atoms with Gasteiger partial charge in [0.25, 0.3) is 5.91 Å². The number of nitrogen functional groups attached to an aromatic ring is 1.